The highest BCUT2D eigenvalue weighted by molar-refractivity contribution is 5.86. The van der Waals surface area contributed by atoms with Gasteiger partial charge in [0.15, 0.2) is 0 Å². The van der Waals surface area contributed by atoms with Crippen LogP contribution < -0.4 is 10.5 Å². The number of carboxylic acids is 1. The van der Waals surface area contributed by atoms with E-state index in [4.69, 9.17) is 20.3 Å². The molecule has 118 valence electrons. The largest absolute Gasteiger partial charge is 0.496 e. The molecule has 1 unspecified atom stereocenters. The summed E-state index contributed by atoms with van der Waals surface area (Å²) in [6.07, 6.45) is 1.15. The van der Waals surface area contributed by atoms with E-state index in [-0.39, 0.29) is 18.4 Å². The SMILES string of the molecule is COc1ccccc1COC(=O)[C@]1(N)CC[C@H]2C(C(=O)O)[C@H]21. The number of methoxy groups -OCH3 is 1. The van der Waals surface area contributed by atoms with Crippen molar-refractivity contribution in [2.45, 2.75) is 25.0 Å². The molecule has 22 heavy (non-hydrogen) atoms. The molecule has 3 N–H and O–H groups in total. The van der Waals surface area contributed by atoms with Crippen molar-refractivity contribution in [3.63, 3.8) is 0 Å². The first-order valence-electron chi connectivity index (χ1n) is 7.30. The third kappa shape index (κ3) is 2.23. The Morgan fingerprint density at radius 3 is 2.77 bits per heavy atom. The van der Waals surface area contributed by atoms with Gasteiger partial charge in [0, 0.05) is 11.5 Å². The van der Waals surface area contributed by atoms with Crippen LogP contribution in [-0.4, -0.2) is 29.7 Å². The molecule has 1 aromatic carbocycles. The van der Waals surface area contributed by atoms with E-state index in [2.05, 4.69) is 0 Å². The van der Waals surface area contributed by atoms with E-state index in [0.29, 0.717) is 18.6 Å². The van der Waals surface area contributed by atoms with Crippen molar-refractivity contribution in [1.29, 1.82) is 0 Å². The average molecular weight is 305 g/mol. The standard InChI is InChI=1S/C16H19NO5/c1-21-11-5-3-2-4-9(11)8-22-15(20)16(17)7-6-10-12(13(10)16)14(18)19/h2-5,10,12-13H,6-8,17H2,1H3,(H,18,19)/t10-,12?,13-,16-/m0/s1. The van der Waals surface area contributed by atoms with E-state index < -0.39 is 23.4 Å². The molecule has 0 bridgehead atoms. The number of fused-ring (bicyclic) bond motifs is 1. The molecule has 0 amide bonds. The van der Waals surface area contributed by atoms with Crippen molar-refractivity contribution in [2.24, 2.45) is 23.5 Å². The van der Waals surface area contributed by atoms with Gasteiger partial charge in [-0.1, -0.05) is 18.2 Å². The van der Waals surface area contributed by atoms with Crippen LogP contribution in [0, 0.1) is 17.8 Å². The van der Waals surface area contributed by atoms with Crippen LogP contribution in [0.5, 0.6) is 5.75 Å². The molecule has 2 aliphatic rings. The maximum Gasteiger partial charge on any atom is 0.326 e. The van der Waals surface area contributed by atoms with Crippen LogP contribution in [0.15, 0.2) is 24.3 Å². The number of hydrogen-bond acceptors (Lipinski definition) is 5. The monoisotopic (exact) mass is 305 g/mol. The van der Waals surface area contributed by atoms with Crippen molar-refractivity contribution in [3.8, 4) is 5.75 Å². The molecule has 2 fully saturated rings. The molecule has 6 nitrogen and oxygen atoms in total. The number of carboxylic acid groups (broad SMARTS) is 1. The Balaban J connectivity index is 1.66. The number of nitrogens with two attached hydrogens (primary N) is 1. The average Bonchev–Trinajstić information content (AvgIpc) is 3.17. The number of carbonyl (C=O) groups excluding carboxylic acids is 1. The molecule has 3 rings (SSSR count). The summed E-state index contributed by atoms with van der Waals surface area (Å²) in [5.41, 5.74) is 5.76. The maximum absolute atomic E-state index is 12.4. The van der Waals surface area contributed by atoms with E-state index >= 15 is 0 Å². The first-order chi connectivity index (χ1) is 10.5. The highest BCUT2D eigenvalue weighted by Crippen LogP contribution is 2.61. The van der Waals surface area contributed by atoms with Crippen molar-refractivity contribution >= 4 is 11.9 Å². The third-order valence-corrected chi connectivity index (χ3v) is 4.87. The van der Waals surface area contributed by atoms with Gasteiger partial charge in [-0.2, -0.15) is 0 Å². The van der Waals surface area contributed by atoms with Crippen LogP contribution in [-0.2, 0) is 20.9 Å². The zero-order chi connectivity index (χ0) is 15.9. The fraction of sp³-hybridized carbons (Fsp3) is 0.500. The lowest BCUT2D eigenvalue weighted by atomic mass is 9.91. The first-order valence-corrected chi connectivity index (χ1v) is 7.30. The van der Waals surface area contributed by atoms with Crippen molar-refractivity contribution in [2.75, 3.05) is 7.11 Å². The summed E-state index contributed by atoms with van der Waals surface area (Å²) in [4.78, 5) is 23.5. The molecule has 0 aliphatic heterocycles. The lowest BCUT2D eigenvalue weighted by Gasteiger charge is -2.24. The van der Waals surface area contributed by atoms with Crippen LogP contribution in [0.2, 0.25) is 0 Å². The Morgan fingerprint density at radius 2 is 2.14 bits per heavy atom. The maximum atomic E-state index is 12.4. The zero-order valence-electron chi connectivity index (χ0n) is 12.3. The number of hydrogen-bond donors (Lipinski definition) is 2. The summed E-state index contributed by atoms with van der Waals surface area (Å²) in [5.74, 6) is -1.54. The summed E-state index contributed by atoms with van der Waals surface area (Å²) in [6.45, 7) is 0.0664. The van der Waals surface area contributed by atoms with Gasteiger partial charge in [-0.05, 0) is 24.8 Å². The van der Waals surface area contributed by atoms with Crippen LogP contribution in [0.4, 0.5) is 0 Å². The second-order valence-electron chi connectivity index (χ2n) is 6.02. The number of para-hydroxylation sites is 1. The van der Waals surface area contributed by atoms with Gasteiger partial charge in [-0.15, -0.1) is 0 Å². The molecule has 0 heterocycles. The van der Waals surface area contributed by atoms with E-state index in [1.54, 1.807) is 13.2 Å². The fourth-order valence-corrected chi connectivity index (χ4v) is 3.68. The lowest BCUT2D eigenvalue weighted by Crippen LogP contribution is -2.50. The van der Waals surface area contributed by atoms with Crippen LogP contribution >= 0.6 is 0 Å². The van der Waals surface area contributed by atoms with E-state index in [0.717, 1.165) is 5.56 Å². The molecular formula is C16H19NO5. The number of benzene rings is 1. The van der Waals surface area contributed by atoms with Gasteiger partial charge in [0.05, 0.1) is 13.0 Å². The third-order valence-electron chi connectivity index (χ3n) is 4.87. The Kier molecular flexibility index (Phi) is 3.56. The fourth-order valence-electron chi connectivity index (χ4n) is 3.68. The van der Waals surface area contributed by atoms with Crippen molar-refractivity contribution in [3.05, 3.63) is 29.8 Å². The highest BCUT2D eigenvalue weighted by Gasteiger charge is 2.70. The van der Waals surface area contributed by atoms with Gasteiger partial charge < -0.3 is 20.3 Å². The Morgan fingerprint density at radius 1 is 1.41 bits per heavy atom. The number of esters is 1. The summed E-state index contributed by atoms with van der Waals surface area (Å²) < 4.78 is 10.6. The van der Waals surface area contributed by atoms with Gasteiger partial charge in [-0.25, -0.2) is 0 Å². The van der Waals surface area contributed by atoms with E-state index in [1.807, 2.05) is 18.2 Å². The number of aliphatic carboxylic acids is 1. The Bertz CT molecular complexity index is 616. The van der Waals surface area contributed by atoms with Gasteiger partial charge in [0.2, 0.25) is 0 Å². The number of rotatable bonds is 5. The van der Waals surface area contributed by atoms with Crippen LogP contribution in [0.3, 0.4) is 0 Å². The summed E-state index contributed by atoms with van der Waals surface area (Å²) in [5, 5.41) is 9.13. The van der Waals surface area contributed by atoms with Gasteiger partial charge in [-0.3, -0.25) is 9.59 Å². The molecule has 2 aliphatic carbocycles. The molecule has 4 atom stereocenters. The zero-order valence-corrected chi connectivity index (χ0v) is 12.3. The molecule has 0 radical (unpaired) electrons. The van der Waals surface area contributed by atoms with Gasteiger partial charge in [0.25, 0.3) is 0 Å². The minimum absolute atomic E-state index is 0.0151. The topological polar surface area (TPSA) is 98.9 Å². The van der Waals surface area contributed by atoms with E-state index in [1.165, 1.54) is 0 Å². The predicted octanol–water partition coefficient (Wildman–Crippen LogP) is 1.18. The second kappa shape index (κ2) is 5.28. The summed E-state index contributed by atoms with van der Waals surface area (Å²) in [7, 11) is 1.55. The summed E-state index contributed by atoms with van der Waals surface area (Å²) >= 11 is 0. The van der Waals surface area contributed by atoms with Gasteiger partial charge in [0.1, 0.15) is 17.9 Å². The molecule has 2 saturated carbocycles. The van der Waals surface area contributed by atoms with Crippen molar-refractivity contribution in [1.82, 2.24) is 0 Å². The molecule has 0 aromatic heterocycles. The predicted molar refractivity (Wildman–Crippen MR) is 77.0 cm³/mol. The summed E-state index contributed by atoms with van der Waals surface area (Å²) in [6, 6.07) is 7.26. The highest BCUT2D eigenvalue weighted by atomic mass is 16.5. The quantitative estimate of drug-likeness (QED) is 0.792. The van der Waals surface area contributed by atoms with Crippen molar-refractivity contribution < 1.29 is 24.2 Å². The molecular weight excluding hydrogens is 286 g/mol. The smallest absolute Gasteiger partial charge is 0.326 e. The van der Waals surface area contributed by atoms with Crippen LogP contribution in [0.1, 0.15) is 18.4 Å². The molecule has 0 spiro atoms. The Hall–Kier alpha value is -2.08. The number of carbonyl (C=O) groups is 2. The molecule has 1 aromatic rings. The molecule has 6 heteroatoms. The van der Waals surface area contributed by atoms with Gasteiger partial charge >= 0.3 is 11.9 Å². The molecule has 0 saturated heterocycles. The minimum atomic E-state index is -1.17. The first kappa shape index (κ1) is 14.8. The minimum Gasteiger partial charge on any atom is -0.496 e. The second-order valence-corrected chi connectivity index (χ2v) is 6.02. The number of ether oxygens (including phenoxy) is 2. The lowest BCUT2D eigenvalue weighted by molar-refractivity contribution is -0.153. The normalized spacial score (nSPS) is 32.2. The van der Waals surface area contributed by atoms with Crippen LogP contribution in [0.25, 0.3) is 0 Å². The van der Waals surface area contributed by atoms with E-state index in [9.17, 15) is 9.59 Å². The Labute approximate surface area is 128 Å².